The van der Waals surface area contributed by atoms with Gasteiger partial charge in [-0.15, -0.1) is 0 Å². The number of carbonyl (C=O) groups is 1. The zero-order valence-corrected chi connectivity index (χ0v) is 10.9. The highest BCUT2D eigenvalue weighted by Gasteiger charge is 2.12. The first-order chi connectivity index (χ1) is 8.74. The van der Waals surface area contributed by atoms with E-state index in [1.54, 1.807) is 6.20 Å². The Hall–Kier alpha value is -1.42. The second kappa shape index (κ2) is 6.50. The van der Waals surface area contributed by atoms with Crippen molar-refractivity contribution in [1.82, 2.24) is 10.3 Å². The van der Waals surface area contributed by atoms with Crippen LogP contribution in [-0.4, -0.2) is 24.0 Å². The number of nitrogens with one attached hydrogen (secondary N) is 2. The molecule has 2 rings (SSSR count). The van der Waals surface area contributed by atoms with Gasteiger partial charge in [-0.25, -0.2) is 4.98 Å². The minimum atomic E-state index is -0.0730. The lowest BCUT2D eigenvalue weighted by Gasteiger charge is -2.22. The predicted molar refractivity (Wildman–Crippen MR) is 72.5 cm³/mol. The molecule has 1 amide bonds. The number of piperidine rings is 1. The minimum absolute atomic E-state index is 0.0730. The highest BCUT2D eigenvalue weighted by molar-refractivity contribution is 5.87. The molecule has 1 unspecified atom stereocenters. The van der Waals surface area contributed by atoms with E-state index < -0.39 is 0 Å². The number of amides is 1. The monoisotopic (exact) mass is 247 g/mol. The lowest BCUT2D eigenvalue weighted by atomic mass is 9.93. The first-order valence-corrected chi connectivity index (χ1v) is 6.67. The van der Waals surface area contributed by atoms with Crippen LogP contribution >= 0.6 is 0 Å². The molecule has 1 aliphatic rings. The van der Waals surface area contributed by atoms with Crippen LogP contribution in [0.5, 0.6) is 0 Å². The summed E-state index contributed by atoms with van der Waals surface area (Å²) in [4.78, 5) is 15.1. The molecule has 0 spiro atoms. The van der Waals surface area contributed by atoms with Gasteiger partial charge in [-0.2, -0.15) is 0 Å². The zero-order chi connectivity index (χ0) is 12.8. The lowest BCUT2D eigenvalue weighted by molar-refractivity contribution is -0.114. The van der Waals surface area contributed by atoms with Crippen molar-refractivity contribution in [3.63, 3.8) is 0 Å². The molecule has 0 bridgehead atoms. The average molecular weight is 247 g/mol. The third kappa shape index (κ3) is 4.11. The van der Waals surface area contributed by atoms with Gasteiger partial charge >= 0.3 is 0 Å². The van der Waals surface area contributed by atoms with Crippen LogP contribution in [0.1, 0.15) is 31.7 Å². The van der Waals surface area contributed by atoms with Crippen LogP contribution in [-0.2, 0) is 11.2 Å². The molecular weight excluding hydrogens is 226 g/mol. The van der Waals surface area contributed by atoms with Gasteiger partial charge in [-0.05, 0) is 62.4 Å². The van der Waals surface area contributed by atoms with E-state index in [1.807, 2.05) is 12.1 Å². The largest absolute Gasteiger partial charge is 0.316 e. The third-order valence-corrected chi connectivity index (χ3v) is 3.37. The summed E-state index contributed by atoms with van der Waals surface area (Å²) in [7, 11) is 0. The van der Waals surface area contributed by atoms with Crippen LogP contribution in [0.3, 0.4) is 0 Å². The van der Waals surface area contributed by atoms with Gasteiger partial charge in [-0.3, -0.25) is 4.79 Å². The van der Waals surface area contributed by atoms with Gasteiger partial charge in [0.15, 0.2) is 0 Å². The molecule has 0 radical (unpaired) electrons. The van der Waals surface area contributed by atoms with E-state index in [0.717, 1.165) is 18.9 Å². The number of rotatable bonds is 4. The topological polar surface area (TPSA) is 54.0 Å². The van der Waals surface area contributed by atoms with Crippen LogP contribution in [0.2, 0.25) is 0 Å². The molecule has 18 heavy (non-hydrogen) atoms. The van der Waals surface area contributed by atoms with Gasteiger partial charge in [0.1, 0.15) is 5.82 Å². The predicted octanol–water partition coefficient (Wildman–Crippen LogP) is 1.97. The molecule has 1 saturated heterocycles. The van der Waals surface area contributed by atoms with Crippen LogP contribution in [0.15, 0.2) is 18.3 Å². The summed E-state index contributed by atoms with van der Waals surface area (Å²) in [6.07, 6.45) is 6.65. The van der Waals surface area contributed by atoms with Crippen molar-refractivity contribution in [2.45, 2.75) is 32.6 Å². The SMILES string of the molecule is CC(=O)Nc1cc(CCC2CCCNC2)ccn1. The van der Waals surface area contributed by atoms with Crippen LogP contribution in [0.25, 0.3) is 0 Å². The molecule has 1 aromatic rings. The first-order valence-electron chi connectivity index (χ1n) is 6.67. The Kier molecular flexibility index (Phi) is 4.70. The van der Waals surface area contributed by atoms with Gasteiger partial charge < -0.3 is 10.6 Å². The van der Waals surface area contributed by atoms with Crippen molar-refractivity contribution in [3.8, 4) is 0 Å². The second-order valence-electron chi connectivity index (χ2n) is 4.98. The maximum atomic E-state index is 11.0. The van der Waals surface area contributed by atoms with Crippen LogP contribution < -0.4 is 10.6 Å². The molecule has 1 atom stereocenters. The van der Waals surface area contributed by atoms with E-state index in [9.17, 15) is 4.79 Å². The fourth-order valence-corrected chi connectivity index (χ4v) is 2.42. The Bertz CT molecular complexity index is 400. The number of carbonyl (C=O) groups excluding carboxylic acids is 1. The maximum absolute atomic E-state index is 11.0. The second-order valence-corrected chi connectivity index (χ2v) is 4.98. The Morgan fingerprint density at radius 1 is 1.61 bits per heavy atom. The van der Waals surface area contributed by atoms with Crippen LogP contribution in [0, 0.1) is 5.92 Å². The number of hydrogen-bond donors (Lipinski definition) is 2. The summed E-state index contributed by atoms with van der Waals surface area (Å²) in [5.74, 6) is 1.37. The fourth-order valence-electron chi connectivity index (χ4n) is 2.42. The van der Waals surface area contributed by atoms with Gasteiger partial charge in [0, 0.05) is 13.1 Å². The quantitative estimate of drug-likeness (QED) is 0.855. The Labute approximate surface area is 108 Å². The standard InChI is InChI=1S/C14H21N3O/c1-11(18)17-14-9-12(6-8-16-14)4-5-13-3-2-7-15-10-13/h6,8-9,13,15H,2-5,7,10H2,1H3,(H,16,17,18). The number of aryl methyl sites for hydroxylation is 1. The van der Waals surface area contributed by atoms with Gasteiger partial charge in [0.2, 0.25) is 5.91 Å². The molecule has 0 aliphatic carbocycles. The number of anilines is 1. The van der Waals surface area contributed by atoms with E-state index in [1.165, 1.54) is 38.3 Å². The van der Waals surface area contributed by atoms with Crippen molar-refractivity contribution in [2.24, 2.45) is 5.92 Å². The number of hydrogen-bond acceptors (Lipinski definition) is 3. The summed E-state index contributed by atoms with van der Waals surface area (Å²) in [5.41, 5.74) is 1.25. The molecule has 2 heterocycles. The molecule has 0 aromatic carbocycles. The van der Waals surface area contributed by atoms with Crippen molar-refractivity contribution in [1.29, 1.82) is 0 Å². The Morgan fingerprint density at radius 3 is 3.22 bits per heavy atom. The van der Waals surface area contributed by atoms with Gasteiger partial charge in [0.05, 0.1) is 0 Å². The maximum Gasteiger partial charge on any atom is 0.222 e. The summed E-state index contributed by atoms with van der Waals surface area (Å²) in [6.45, 7) is 3.81. The van der Waals surface area contributed by atoms with E-state index in [0.29, 0.717) is 5.82 Å². The molecule has 98 valence electrons. The average Bonchev–Trinajstić information content (AvgIpc) is 2.37. The zero-order valence-electron chi connectivity index (χ0n) is 10.9. The highest BCUT2D eigenvalue weighted by Crippen LogP contribution is 2.18. The third-order valence-electron chi connectivity index (χ3n) is 3.37. The summed E-state index contributed by atoms with van der Waals surface area (Å²) >= 11 is 0. The molecule has 1 fully saturated rings. The Balaban J connectivity index is 1.86. The van der Waals surface area contributed by atoms with Crippen LogP contribution in [0.4, 0.5) is 5.82 Å². The molecule has 2 N–H and O–H groups in total. The summed E-state index contributed by atoms with van der Waals surface area (Å²) < 4.78 is 0. The van der Waals surface area contributed by atoms with Gasteiger partial charge in [0.25, 0.3) is 0 Å². The summed E-state index contributed by atoms with van der Waals surface area (Å²) in [5, 5.41) is 6.16. The van der Waals surface area contributed by atoms with Crippen molar-refractivity contribution in [2.75, 3.05) is 18.4 Å². The number of nitrogens with zero attached hydrogens (tertiary/aromatic N) is 1. The van der Waals surface area contributed by atoms with Gasteiger partial charge in [-0.1, -0.05) is 0 Å². The molecule has 1 aromatic heterocycles. The molecule has 1 aliphatic heterocycles. The molecular formula is C14H21N3O. The summed E-state index contributed by atoms with van der Waals surface area (Å²) in [6, 6.07) is 4.00. The fraction of sp³-hybridized carbons (Fsp3) is 0.571. The van der Waals surface area contributed by atoms with Crippen molar-refractivity contribution >= 4 is 11.7 Å². The smallest absolute Gasteiger partial charge is 0.222 e. The lowest BCUT2D eigenvalue weighted by Crippen LogP contribution is -2.29. The van der Waals surface area contributed by atoms with E-state index >= 15 is 0 Å². The Morgan fingerprint density at radius 2 is 2.50 bits per heavy atom. The minimum Gasteiger partial charge on any atom is -0.316 e. The normalized spacial score (nSPS) is 19.5. The molecule has 4 nitrogen and oxygen atoms in total. The van der Waals surface area contributed by atoms with E-state index in [-0.39, 0.29) is 5.91 Å². The van der Waals surface area contributed by atoms with E-state index in [4.69, 9.17) is 0 Å². The number of pyridine rings is 1. The first kappa shape index (κ1) is 13.0. The van der Waals surface area contributed by atoms with Crippen molar-refractivity contribution in [3.05, 3.63) is 23.9 Å². The van der Waals surface area contributed by atoms with Crippen molar-refractivity contribution < 1.29 is 4.79 Å². The molecule has 0 saturated carbocycles. The highest BCUT2D eigenvalue weighted by atomic mass is 16.1. The van der Waals surface area contributed by atoms with E-state index in [2.05, 4.69) is 15.6 Å². The number of aromatic nitrogens is 1. The molecule has 4 heteroatoms.